The number of hydrogen-bond acceptors (Lipinski definition) is 2. The van der Waals surface area contributed by atoms with Gasteiger partial charge in [-0.1, -0.05) is 44.2 Å². The van der Waals surface area contributed by atoms with E-state index in [1.54, 1.807) is 0 Å². The van der Waals surface area contributed by atoms with Crippen LogP contribution in [0.4, 0.5) is 0 Å². The molecule has 0 radical (unpaired) electrons. The van der Waals surface area contributed by atoms with Crippen LogP contribution in [-0.4, -0.2) is 11.9 Å². The largest absolute Gasteiger partial charge is 0.348 e. The van der Waals surface area contributed by atoms with E-state index in [1.165, 1.54) is 0 Å². The quantitative estimate of drug-likeness (QED) is 0.769. The van der Waals surface area contributed by atoms with Crippen LogP contribution in [0, 0.1) is 18.3 Å². The van der Waals surface area contributed by atoms with Crippen molar-refractivity contribution in [3.05, 3.63) is 35.9 Å². The van der Waals surface area contributed by atoms with E-state index < -0.39 is 6.04 Å². The van der Waals surface area contributed by atoms with Gasteiger partial charge in [-0.15, -0.1) is 12.3 Å². The van der Waals surface area contributed by atoms with Crippen LogP contribution in [0.25, 0.3) is 0 Å². The van der Waals surface area contributed by atoms with Crippen molar-refractivity contribution >= 4 is 5.91 Å². The molecule has 0 aromatic heterocycles. The summed E-state index contributed by atoms with van der Waals surface area (Å²) in [6.45, 7) is 4.26. The third-order valence-electron chi connectivity index (χ3n) is 2.90. The predicted octanol–water partition coefficient (Wildman–Crippen LogP) is 2.24. The standard InChI is InChI=1S/C16H22N2O/c1-4-8-14(17)16(19)18-15(11-12(2)3)13-9-6-5-7-10-13/h1,5-7,9-10,12,14-15H,8,11,17H2,2-3H3,(H,18,19). The molecule has 19 heavy (non-hydrogen) atoms. The lowest BCUT2D eigenvalue weighted by Crippen LogP contribution is -2.42. The normalized spacial score (nSPS) is 13.6. The molecular weight excluding hydrogens is 236 g/mol. The van der Waals surface area contributed by atoms with Crippen molar-refractivity contribution in [2.75, 3.05) is 0 Å². The topological polar surface area (TPSA) is 55.1 Å². The third-order valence-corrected chi connectivity index (χ3v) is 2.90. The fraction of sp³-hybridized carbons (Fsp3) is 0.438. The first-order valence-electron chi connectivity index (χ1n) is 6.59. The van der Waals surface area contributed by atoms with E-state index in [1.807, 2.05) is 30.3 Å². The summed E-state index contributed by atoms with van der Waals surface area (Å²) in [4.78, 5) is 12.0. The van der Waals surface area contributed by atoms with Gasteiger partial charge in [-0.2, -0.15) is 0 Å². The molecular formula is C16H22N2O. The zero-order chi connectivity index (χ0) is 14.3. The zero-order valence-electron chi connectivity index (χ0n) is 11.6. The van der Waals surface area contributed by atoms with Gasteiger partial charge in [-0.05, 0) is 17.9 Å². The fourth-order valence-electron chi connectivity index (χ4n) is 1.93. The number of carbonyl (C=O) groups is 1. The minimum absolute atomic E-state index is 0.0162. The molecule has 2 atom stereocenters. The monoisotopic (exact) mass is 258 g/mol. The van der Waals surface area contributed by atoms with Crippen molar-refractivity contribution < 1.29 is 4.79 Å². The van der Waals surface area contributed by atoms with Gasteiger partial charge in [0.1, 0.15) is 0 Å². The zero-order valence-corrected chi connectivity index (χ0v) is 11.6. The van der Waals surface area contributed by atoms with Crippen LogP contribution < -0.4 is 11.1 Å². The lowest BCUT2D eigenvalue weighted by molar-refractivity contribution is -0.123. The summed E-state index contributed by atoms with van der Waals surface area (Å²) in [5, 5.41) is 2.99. The van der Waals surface area contributed by atoms with Crippen molar-refractivity contribution in [2.24, 2.45) is 11.7 Å². The molecule has 1 aromatic rings. The first kappa shape index (κ1) is 15.3. The van der Waals surface area contributed by atoms with E-state index in [0.717, 1.165) is 12.0 Å². The Bertz CT molecular complexity index is 434. The van der Waals surface area contributed by atoms with Crippen LogP contribution in [0.15, 0.2) is 30.3 Å². The van der Waals surface area contributed by atoms with Crippen molar-refractivity contribution in [1.82, 2.24) is 5.32 Å². The molecule has 0 heterocycles. The SMILES string of the molecule is C#CCC(N)C(=O)NC(CC(C)C)c1ccccc1. The maximum atomic E-state index is 12.0. The highest BCUT2D eigenvalue weighted by atomic mass is 16.2. The molecule has 0 saturated carbocycles. The van der Waals surface area contributed by atoms with Crippen LogP contribution in [0.2, 0.25) is 0 Å². The molecule has 1 rings (SSSR count). The van der Waals surface area contributed by atoms with Gasteiger partial charge < -0.3 is 11.1 Å². The average molecular weight is 258 g/mol. The van der Waals surface area contributed by atoms with Gasteiger partial charge in [0.25, 0.3) is 0 Å². The summed E-state index contributed by atoms with van der Waals surface area (Å²) in [5.41, 5.74) is 6.83. The number of rotatable bonds is 6. The molecule has 0 saturated heterocycles. The van der Waals surface area contributed by atoms with Crippen molar-refractivity contribution in [3.63, 3.8) is 0 Å². The molecule has 2 unspecified atom stereocenters. The Morgan fingerprint density at radius 3 is 2.53 bits per heavy atom. The Morgan fingerprint density at radius 2 is 2.00 bits per heavy atom. The first-order chi connectivity index (χ1) is 9.04. The van der Waals surface area contributed by atoms with Crippen LogP contribution in [0.5, 0.6) is 0 Å². The van der Waals surface area contributed by atoms with Gasteiger partial charge in [-0.3, -0.25) is 4.79 Å². The second kappa shape index (κ2) is 7.60. The summed E-state index contributed by atoms with van der Waals surface area (Å²) in [7, 11) is 0. The molecule has 102 valence electrons. The highest BCUT2D eigenvalue weighted by Crippen LogP contribution is 2.21. The molecule has 0 aliphatic heterocycles. The number of amides is 1. The number of benzene rings is 1. The van der Waals surface area contributed by atoms with Gasteiger partial charge in [0.2, 0.25) is 5.91 Å². The maximum absolute atomic E-state index is 12.0. The van der Waals surface area contributed by atoms with Gasteiger partial charge >= 0.3 is 0 Å². The average Bonchev–Trinajstić information content (AvgIpc) is 2.38. The van der Waals surface area contributed by atoms with Crippen molar-refractivity contribution in [1.29, 1.82) is 0 Å². The minimum Gasteiger partial charge on any atom is -0.348 e. The summed E-state index contributed by atoms with van der Waals surface area (Å²) in [6.07, 6.45) is 6.31. The highest BCUT2D eigenvalue weighted by Gasteiger charge is 2.19. The van der Waals surface area contributed by atoms with Crippen molar-refractivity contribution in [2.45, 2.75) is 38.8 Å². The lowest BCUT2D eigenvalue weighted by Gasteiger charge is -2.22. The van der Waals surface area contributed by atoms with E-state index in [9.17, 15) is 4.79 Å². The Balaban J connectivity index is 2.76. The first-order valence-corrected chi connectivity index (χ1v) is 6.59. The van der Waals surface area contributed by atoms with Crippen LogP contribution in [0.3, 0.4) is 0 Å². The number of terminal acetylenes is 1. The molecule has 3 nitrogen and oxygen atoms in total. The molecule has 0 fully saturated rings. The summed E-state index contributed by atoms with van der Waals surface area (Å²) in [6, 6.07) is 9.27. The van der Waals surface area contributed by atoms with Crippen LogP contribution >= 0.6 is 0 Å². The molecule has 1 aromatic carbocycles. The van der Waals surface area contributed by atoms with Gasteiger partial charge in [0.05, 0.1) is 12.1 Å². The van der Waals surface area contributed by atoms with Crippen molar-refractivity contribution in [3.8, 4) is 12.3 Å². The molecule has 0 bridgehead atoms. The summed E-state index contributed by atoms with van der Waals surface area (Å²) < 4.78 is 0. The molecule has 0 aliphatic carbocycles. The van der Waals surface area contributed by atoms with E-state index in [-0.39, 0.29) is 18.4 Å². The van der Waals surface area contributed by atoms with Crippen LogP contribution in [-0.2, 0) is 4.79 Å². The Kier molecular flexibility index (Phi) is 6.11. The number of carbonyl (C=O) groups excluding carboxylic acids is 1. The Labute approximate surface area is 115 Å². The lowest BCUT2D eigenvalue weighted by atomic mass is 9.96. The third kappa shape index (κ3) is 5.15. The Hall–Kier alpha value is -1.79. The second-order valence-electron chi connectivity index (χ2n) is 5.12. The Morgan fingerprint density at radius 1 is 1.37 bits per heavy atom. The summed E-state index contributed by atoms with van der Waals surface area (Å²) >= 11 is 0. The summed E-state index contributed by atoms with van der Waals surface area (Å²) in [5.74, 6) is 2.71. The molecule has 0 aliphatic rings. The molecule has 3 N–H and O–H groups in total. The molecule has 3 heteroatoms. The smallest absolute Gasteiger partial charge is 0.238 e. The fourth-order valence-corrected chi connectivity index (χ4v) is 1.93. The highest BCUT2D eigenvalue weighted by molar-refractivity contribution is 5.82. The van der Waals surface area contributed by atoms with Gasteiger partial charge in [0, 0.05) is 6.42 Å². The molecule has 1 amide bonds. The van der Waals surface area contributed by atoms with E-state index in [4.69, 9.17) is 12.2 Å². The van der Waals surface area contributed by atoms with E-state index in [0.29, 0.717) is 5.92 Å². The number of hydrogen-bond donors (Lipinski definition) is 2. The van der Waals surface area contributed by atoms with E-state index >= 15 is 0 Å². The molecule has 0 spiro atoms. The van der Waals surface area contributed by atoms with Crippen LogP contribution in [0.1, 0.15) is 38.3 Å². The minimum atomic E-state index is -0.636. The van der Waals surface area contributed by atoms with E-state index in [2.05, 4.69) is 25.1 Å². The predicted molar refractivity (Wildman–Crippen MR) is 78.2 cm³/mol. The number of nitrogens with two attached hydrogens (primary N) is 1. The second-order valence-corrected chi connectivity index (χ2v) is 5.12. The van der Waals surface area contributed by atoms with Gasteiger partial charge in [0.15, 0.2) is 0 Å². The number of nitrogens with one attached hydrogen (secondary N) is 1. The van der Waals surface area contributed by atoms with Gasteiger partial charge in [-0.25, -0.2) is 0 Å². The maximum Gasteiger partial charge on any atom is 0.238 e.